The van der Waals surface area contributed by atoms with Gasteiger partial charge in [0.1, 0.15) is 0 Å². The molecule has 0 atom stereocenters. The molecule has 18 heavy (non-hydrogen) atoms. The third kappa shape index (κ3) is 2.37. The van der Waals surface area contributed by atoms with Crippen molar-refractivity contribution < 1.29 is 13.6 Å². The Hall–Kier alpha value is -1.46. The quantitative estimate of drug-likeness (QED) is 0.920. The summed E-state index contributed by atoms with van der Waals surface area (Å²) in [5.41, 5.74) is 5.00. The average Bonchev–Trinajstić information content (AvgIpc) is 2.76. The lowest BCUT2D eigenvalue weighted by molar-refractivity contribution is -0.143. The van der Waals surface area contributed by atoms with E-state index in [0.29, 0.717) is 4.34 Å². The molecule has 0 saturated carbocycles. The first-order chi connectivity index (χ1) is 8.41. The first-order valence-electron chi connectivity index (χ1n) is 4.95. The van der Waals surface area contributed by atoms with Crippen LogP contribution < -0.4 is 5.73 Å². The van der Waals surface area contributed by atoms with Gasteiger partial charge in [-0.2, -0.15) is 8.78 Å². The van der Waals surface area contributed by atoms with Crippen molar-refractivity contribution in [2.45, 2.75) is 5.92 Å². The van der Waals surface area contributed by atoms with Gasteiger partial charge in [-0.15, -0.1) is 11.3 Å². The zero-order chi connectivity index (χ0) is 13.3. The van der Waals surface area contributed by atoms with Crippen molar-refractivity contribution in [1.29, 1.82) is 0 Å². The highest BCUT2D eigenvalue weighted by Gasteiger charge is 2.38. The summed E-state index contributed by atoms with van der Waals surface area (Å²) in [5, 5.41) is 0. The molecule has 94 valence electrons. The average molecular weight is 288 g/mol. The van der Waals surface area contributed by atoms with Gasteiger partial charge in [0.15, 0.2) is 0 Å². The Morgan fingerprint density at radius 2 is 1.78 bits per heavy atom. The third-order valence-corrected chi connectivity index (χ3v) is 3.69. The van der Waals surface area contributed by atoms with Crippen molar-refractivity contribution in [1.82, 2.24) is 0 Å². The van der Waals surface area contributed by atoms with Gasteiger partial charge in [-0.25, -0.2) is 0 Å². The predicted molar refractivity (Wildman–Crippen MR) is 67.9 cm³/mol. The third-order valence-electron chi connectivity index (χ3n) is 2.41. The number of halogens is 3. The number of benzene rings is 1. The molecule has 2 N–H and O–H groups in total. The molecule has 0 fully saturated rings. The predicted octanol–water partition coefficient (Wildman–Crippen LogP) is 3.65. The van der Waals surface area contributed by atoms with E-state index in [1.165, 1.54) is 35.6 Å². The van der Waals surface area contributed by atoms with Crippen LogP contribution in [0.15, 0.2) is 36.4 Å². The van der Waals surface area contributed by atoms with Crippen LogP contribution in [0.3, 0.4) is 0 Å². The van der Waals surface area contributed by atoms with Crippen molar-refractivity contribution in [2.75, 3.05) is 0 Å². The van der Waals surface area contributed by atoms with Gasteiger partial charge in [0.05, 0.1) is 4.34 Å². The minimum atomic E-state index is -3.65. The van der Waals surface area contributed by atoms with Crippen LogP contribution in [-0.4, -0.2) is 5.91 Å². The van der Waals surface area contributed by atoms with Crippen LogP contribution in [0, 0.1) is 0 Å². The second kappa shape index (κ2) is 4.66. The Bertz CT molecular complexity index is 580. The maximum Gasteiger partial charge on any atom is 0.349 e. The SMILES string of the molecule is NC(=O)C(F)(F)c1ccc(-c2ccc(Cl)s2)cc1. The van der Waals surface area contributed by atoms with E-state index in [1.54, 1.807) is 12.1 Å². The topological polar surface area (TPSA) is 43.1 Å². The van der Waals surface area contributed by atoms with E-state index < -0.39 is 17.4 Å². The summed E-state index contributed by atoms with van der Waals surface area (Å²) < 4.78 is 27.3. The molecule has 0 saturated heterocycles. The van der Waals surface area contributed by atoms with Crippen molar-refractivity contribution in [3.05, 3.63) is 46.3 Å². The van der Waals surface area contributed by atoms with Gasteiger partial charge in [-0.3, -0.25) is 4.79 Å². The Kier molecular flexibility index (Phi) is 3.36. The van der Waals surface area contributed by atoms with Crippen molar-refractivity contribution in [3.63, 3.8) is 0 Å². The number of amides is 1. The number of primary amides is 1. The summed E-state index contributed by atoms with van der Waals surface area (Å²) >= 11 is 7.14. The van der Waals surface area contributed by atoms with E-state index in [-0.39, 0.29) is 0 Å². The number of nitrogens with two attached hydrogens (primary N) is 1. The number of carbonyl (C=O) groups is 1. The fraction of sp³-hybridized carbons (Fsp3) is 0.0833. The van der Waals surface area contributed by atoms with Gasteiger partial charge < -0.3 is 5.73 Å². The summed E-state index contributed by atoms with van der Waals surface area (Å²) in [6.45, 7) is 0. The monoisotopic (exact) mass is 287 g/mol. The lowest BCUT2D eigenvalue weighted by atomic mass is 10.1. The smallest absolute Gasteiger partial charge is 0.349 e. The Balaban J connectivity index is 2.34. The van der Waals surface area contributed by atoms with Crippen LogP contribution in [0.5, 0.6) is 0 Å². The fourth-order valence-electron chi connectivity index (χ4n) is 1.46. The molecule has 2 rings (SSSR count). The lowest BCUT2D eigenvalue weighted by Crippen LogP contribution is -2.32. The summed E-state index contributed by atoms with van der Waals surface area (Å²) in [6.07, 6.45) is 0. The standard InChI is InChI=1S/C12H8ClF2NOS/c13-10-6-5-9(18-10)7-1-3-8(4-2-7)12(14,15)11(16)17/h1-6H,(H2,16,17). The van der Waals surface area contributed by atoms with Crippen molar-refractivity contribution in [3.8, 4) is 10.4 Å². The minimum absolute atomic E-state index is 0.415. The molecule has 6 heteroatoms. The van der Waals surface area contributed by atoms with Crippen LogP contribution >= 0.6 is 22.9 Å². The second-order valence-electron chi connectivity index (χ2n) is 3.62. The number of hydrogen-bond acceptors (Lipinski definition) is 2. The second-order valence-corrected chi connectivity index (χ2v) is 5.33. The molecule has 0 unspecified atom stereocenters. The van der Waals surface area contributed by atoms with Gasteiger partial charge in [0, 0.05) is 10.4 Å². The molecule has 0 spiro atoms. The van der Waals surface area contributed by atoms with Crippen LogP contribution in [0.4, 0.5) is 8.78 Å². The highest BCUT2D eigenvalue weighted by molar-refractivity contribution is 7.19. The summed E-state index contributed by atoms with van der Waals surface area (Å²) in [4.78, 5) is 11.5. The molecule has 2 nitrogen and oxygen atoms in total. The molecule has 1 amide bonds. The van der Waals surface area contributed by atoms with E-state index >= 15 is 0 Å². The van der Waals surface area contributed by atoms with Crippen LogP contribution in [0.25, 0.3) is 10.4 Å². The fourth-order valence-corrected chi connectivity index (χ4v) is 2.50. The van der Waals surface area contributed by atoms with E-state index in [0.717, 1.165) is 10.4 Å². The molecule has 0 radical (unpaired) electrons. The van der Waals surface area contributed by atoms with Gasteiger partial charge in [0.2, 0.25) is 0 Å². The summed E-state index contributed by atoms with van der Waals surface area (Å²) in [5.74, 6) is -5.31. The molecule has 1 aromatic carbocycles. The Labute approximate surface area is 111 Å². The molecule has 1 aromatic heterocycles. The molecule has 0 aliphatic carbocycles. The van der Waals surface area contributed by atoms with Crippen LogP contribution in [0.2, 0.25) is 4.34 Å². The van der Waals surface area contributed by atoms with Gasteiger partial charge in [-0.05, 0) is 17.7 Å². The van der Waals surface area contributed by atoms with Gasteiger partial charge in [0.25, 0.3) is 5.91 Å². The van der Waals surface area contributed by atoms with E-state index in [2.05, 4.69) is 5.73 Å². The number of carbonyl (C=O) groups excluding carboxylic acids is 1. The maximum absolute atomic E-state index is 13.3. The first-order valence-corrected chi connectivity index (χ1v) is 6.14. The highest BCUT2D eigenvalue weighted by Crippen LogP contribution is 2.33. The molecule has 1 heterocycles. The van der Waals surface area contributed by atoms with Gasteiger partial charge >= 0.3 is 5.92 Å². The summed E-state index contributed by atoms with van der Waals surface area (Å²) in [7, 11) is 0. The maximum atomic E-state index is 13.3. The van der Waals surface area contributed by atoms with Crippen molar-refractivity contribution in [2.24, 2.45) is 5.73 Å². The van der Waals surface area contributed by atoms with Crippen molar-refractivity contribution >= 4 is 28.8 Å². The lowest BCUT2D eigenvalue weighted by Gasteiger charge is -2.12. The van der Waals surface area contributed by atoms with E-state index in [1.807, 2.05) is 0 Å². The number of hydrogen-bond donors (Lipinski definition) is 1. The number of thiophene rings is 1. The minimum Gasteiger partial charge on any atom is -0.364 e. The van der Waals surface area contributed by atoms with Gasteiger partial charge in [-0.1, -0.05) is 35.9 Å². The molecular formula is C12H8ClF2NOS. The zero-order valence-corrected chi connectivity index (χ0v) is 10.6. The van der Waals surface area contributed by atoms with E-state index in [4.69, 9.17) is 11.6 Å². The van der Waals surface area contributed by atoms with E-state index in [9.17, 15) is 13.6 Å². The number of rotatable bonds is 3. The Morgan fingerprint density at radius 3 is 2.22 bits per heavy atom. The molecule has 0 aliphatic rings. The molecular weight excluding hydrogens is 280 g/mol. The highest BCUT2D eigenvalue weighted by atomic mass is 35.5. The molecule has 0 aliphatic heterocycles. The Morgan fingerprint density at radius 1 is 1.17 bits per heavy atom. The van der Waals surface area contributed by atoms with Crippen LogP contribution in [0.1, 0.15) is 5.56 Å². The largest absolute Gasteiger partial charge is 0.364 e. The molecule has 2 aromatic rings. The first kappa shape index (κ1) is 13.0. The molecule has 0 bridgehead atoms. The summed E-state index contributed by atoms with van der Waals surface area (Å²) in [6, 6.07) is 8.92. The zero-order valence-electron chi connectivity index (χ0n) is 8.99. The number of alkyl halides is 2. The normalized spacial score (nSPS) is 11.5. The van der Waals surface area contributed by atoms with Crippen LogP contribution in [-0.2, 0) is 10.7 Å².